The normalized spacial score (nSPS) is 15.2. The first-order valence-electron chi connectivity index (χ1n) is 9.82. The zero-order valence-corrected chi connectivity index (χ0v) is 16.7. The molecule has 2 N–H and O–H groups in total. The lowest BCUT2D eigenvalue weighted by atomic mass is 9.96. The van der Waals surface area contributed by atoms with Crippen molar-refractivity contribution < 1.29 is 4.79 Å². The van der Waals surface area contributed by atoms with E-state index in [9.17, 15) is 4.79 Å². The number of pyridine rings is 2. The molecule has 1 atom stereocenters. The summed E-state index contributed by atoms with van der Waals surface area (Å²) >= 11 is 0. The average Bonchev–Trinajstić information content (AvgIpc) is 3.23. The van der Waals surface area contributed by atoms with E-state index in [1.165, 1.54) is 0 Å². The Hall–Kier alpha value is -4.33. The number of allylic oxidation sites excluding steroid dienone is 1. The molecule has 31 heavy (non-hydrogen) atoms. The minimum Gasteiger partial charge on any atom is -0.328 e. The van der Waals surface area contributed by atoms with Crippen molar-refractivity contribution in [2.45, 2.75) is 13.0 Å². The van der Waals surface area contributed by atoms with E-state index < -0.39 is 6.04 Å². The molecule has 8 nitrogen and oxygen atoms in total. The Bertz CT molecular complexity index is 1250. The van der Waals surface area contributed by atoms with Crippen molar-refractivity contribution in [3.8, 4) is 11.4 Å². The molecule has 5 rings (SSSR count). The molecule has 1 aliphatic rings. The molecule has 0 unspecified atom stereocenters. The third kappa shape index (κ3) is 3.55. The third-order valence-corrected chi connectivity index (χ3v) is 5.07. The zero-order valence-electron chi connectivity index (χ0n) is 16.7. The van der Waals surface area contributed by atoms with Gasteiger partial charge in [-0.1, -0.05) is 30.3 Å². The monoisotopic (exact) mass is 409 g/mol. The third-order valence-electron chi connectivity index (χ3n) is 5.07. The van der Waals surface area contributed by atoms with E-state index >= 15 is 0 Å². The number of fused-ring (bicyclic) bond motifs is 1. The summed E-state index contributed by atoms with van der Waals surface area (Å²) in [5.41, 5.74) is 3.67. The van der Waals surface area contributed by atoms with Gasteiger partial charge in [-0.2, -0.15) is 4.98 Å². The number of carbonyl (C=O) groups is 1. The summed E-state index contributed by atoms with van der Waals surface area (Å²) in [7, 11) is 0. The first-order chi connectivity index (χ1) is 15.2. The number of hydrogen-bond donors (Lipinski definition) is 2. The maximum atomic E-state index is 13.3. The van der Waals surface area contributed by atoms with Crippen molar-refractivity contribution in [1.29, 1.82) is 0 Å². The van der Waals surface area contributed by atoms with Gasteiger partial charge in [0.15, 0.2) is 5.82 Å². The molecule has 0 fully saturated rings. The maximum absolute atomic E-state index is 13.3. The second-order valence-corrected chi connectivity index (χ2v) is 7.11. The first kappa shape index (κ1) is 18.7. The van der Waals surface area contributed by atoms with Crippen LogP contribution in [-0.4, -0.2) is 30.6 Å². The van der Waals surface area contributed by atoms with Gasteiger partial charge in [-0.15, -0.1) is 5.10 Å². The van der Waals surface area contributed by atoms with E-state index in [4.69, 9.17) is 5.10 Å². The van der Waals surface area contributed by atoms with Crippen molar-refractivity contribution in [3.05, 3.63) is 96.2 Å². The fourth-order valence-electron chi connectivity index (χ4n) is 3.64. The SMILES string of the molecule is CC1=C(C(=O)Nc2cccnc2)[C@H](c2ccncc2)n2nc(-c3ccccc3)nc2N1. The van der Waals surface area contributed by atoms with Crippen LogP contribution in [0.15, 0.2) is 90.7 Å². The Kier molecular flexibility index (Phi) is 4.72. The molecule has 0 radical (unpaired) electrons. The number of aromatic nitrogens is 5. The fourth-order valence-corrected chi connectivity index (χ4v) is 3.64. The topological polar surface area (TPSA) is 97.6 Å². The number of nitrogens with one attached hydrogen (secondary N) is 2. The molecule has 1 amide bonds. The van der Waals surface area contributed by atoms with Gasteiger partial charge in [0.1, 0.15) is 6.04 Å². The molecule has 0 saturated heterocycles. The van der Waals surface area contributed by atoms with Gasteiger partial charge >= 0.3 is 0 Å². The quantitative estimate of drug-likeness (QED) is 0.534. The predicted molar refractivity (Wildman–Crippen MR) is 117 cm³/mol. The second kappa shape index (κ2) is 7.83. The standard InChI is InChI=1S/C23H19N7O/c1-15-19(22(31)27-18-8-5-11-25-14-18)20(16-9-12-24-13-10-16)30-23(26-15)28-21(29-30)17-6-3-2-4-7-17/h2-14,20H,1H3,(H,27,31)(H,26,28,29)/t20-/m0/s1. The van der Waals surface area contributed by atoms with Gasteiger partial charge in [-0.25, -0.2) is 4.68 Å². The van der Waals surface area contributed by atoms with Crippen molar-refractivity contribution in [2.75, 3.05) is 10.6 Å². The number of carbonyl (C=O) groups excluding carboxylic acids is 1. The highest BCUT2D eigenvalue weighted by Gasteiger charge is 2.34. The van der Waals surface area contributed by atoms with Gasteiger partial charge in [-0.3, -0.25) is 14.8 Å². The molecule has 0 saturated carbocycles. The second-order valence-electron chi connectivity index (χ2n) is 7.11. The summed E-state index contributed by atoms with van der Waals surface area (Å²) in [5, 5.41) is 10.9. The van der Waals surface area contributed by atoms with Gasteiger partial charge in [0, 0.05) is 29.9 Å². The van der Waals surface area contributed by atoms with Crippen molar-refractivity contribution >= 4 is 17.5 Å². The summed E-state index contributed by atoms with van der Waals surface area (Å²) in [6, 6.07) is 16.6. The van der Waals surface area contributed by atoms with Crippen LogP contribution in [0, 0.1) is 0 Å². The largest absolute Gasteiger partial charge is 0.328 e. The highest BCUT2D eigenvalue weighted by molar-refractivity contribution is 6.05. The van der Waals surface area contributed by atoms with E-state index in [0.717, 1.165) is 11.1 Å². The van der Waals surface area contributed by atoms with E-state index in [1.807, 2.05) is 49.4 Å². The summed E-state index contributed by atoms with van der Waals surface area (Å²) in [6.45, 7) is 1.87. The first-order valence-corrected chi connectivity index (χ1v) is 9.82. The minimum atomic E-state index is -0.458. The van der Waals surface area contributed by atoms with Crippen molar-refractivity contribution in [1.82, 2.24) is 24.7 Å². The van der Waals surface area contributed by atoms with Crippen LogP contribution in [0.4, 0.5) is 11.6 Å². The van der Waals surface area contributed by atoms with Crippen LogP contribution >= 0.6 is 0 Å². The highest BCUT2D eigenvalue weighted by atomic mass is 16.1. The van der Waals surface area contributed by atoms with Crippen molar-refractivity contribution in [2.24, 2.45) is 0 Å². The number of nitrogens with zero attached hydrogens (tertiary/aromatic N) is 5. The van der Waals surface area contributed by atoms with Crippen LogP contribution in [0.25, 0.3) is 11.4 Å². The smallest absolute Gasteiger partial charge is 0.255 e. The number of amides is 1. The Labute approximate surface area is 178 Å². The van der Waals surface area contributed by atoms with Gasteiger partial charge in [-0.05, 0) is 36.8 Å². The molecular formula is C23H19N7O. The van der Waals surface area contributed by atoms with E-state index in [2.05, 4.69) is 25.6 Å². The molecule has 3 aromatic heterocycles. The molecule has 4 aromatic rings. The molecule has 4 heterocycles. The number of hydrogen-bond acceptors (Lipinski definition) is 6. The summed E-state index contributed by atoms with van der Waals surface area (Å²) in [4.78, 5) is 26.2. The summed E-state index contributed by atoms with van der Waals surface area (Å²) in [6.07, 6.45) is 6.69. The average molecular weight is 409 g/mol. The van der Waals surface area contributed by atoms with E-state index in [0.29, 0.717) is 28.7 Å². The maximum Gasteiger partial charge on any atom is 0.255 e. The molecule has 0 spiro atoms. The van der Waals surface area contributed by atoms with Crippen LogP contribution in [-0.2, 0) is 4.79 Å². The predicted octanol–water partition coefficient (Wildman–Crippen LogP) is 3.66. The highest BCUT2D eigenvalue weighted by Crippen LogP contribution is 2.36. The zero-order chi connectivity index (χ0) is 21.2. The van der Waals surface area contributed by atoms with E-state index in [1.54, 1.807) is 41.6 Å². The van der Waals surface area contributed by atoms with Crippen LogP contribution in [0.1, 0.15) is 18.5 Å². The van der Waals surface area contributed by atoms with Crippen LogP contribution in [0.3, 0.4) is 0 Å². The molecule has 1 aromatic carbocycles. The van der Waals surface area contributed by atoms with Gasteiger partial charge in [0.05, 0.1) is 17.5 Å². The minimum absolute atomic E-state index is 0.234. The number of benzene rings is 1. The molecule has 0 bridgehead atoms. The number of rotatable bonds is 4. The van der Waals surface area contributed by atoms with Gasteiger partial charge in [0.2, 0.25) is 5.95 Å². The Morgan fingerprint density at radius 3 is 2.55 bits per heavy atom. The molecule has 8 heteroatoms. The van der Waals surface area contributed by atoms with Crippen LogP contribution in [0.5, 0.6) is 0 Å². The number of anilines is 2. The fraction of sp³-hybridized carbons (Fsp3) is 0.0870. The van der Waals surface area contributed by atoms with Gasteiger partial charge in [0.25, 0.3) is 5.91 Å². The van der Waals surface area contributed by atoms with Crippen LogP contribution < -0.4 is 10.6 Å². The molecule has 1 aliphatic heterocycles. The van der Waals surface area contributed by atoms with Gasteiger partial charge < -0.3 is 10.6 Å². The Morgan fingerprint density at radius 2 is 1.81 bits per heavy atom. The van der Waals surface area contributed by atoms with Crippen molar-refractivity contribution in [3.63, 3.8) is 0 Å². The summed E-state index contributed by atoms with van der Waals surface area (Å²) in [5.74, 6) is 0.933. The van der Waals surface area contributed by atoms with E-state index in [-0.39, 0.29) is 5.91 Å². The molecule has 0 aliphatic carbocycles. The lowest BCUT2D eigenvalue weighted by Crippen LogP contribution is -2.31. The lowest BCUT2D eigenvalue weighted by Gasteiger charge is -2.28. The molecule has 152 valence electrons. The summed E-state index contributed by atoms with van der Waals surface area (Å²) < 4.78 is 1.75. The Balaban J connectivity index is 1.60. The van der Waals surface area contributed by atoms with Crippen LogP contribution in [0.2, 0.25) is 0 Å². The lowest BCUT2D eigenvalue weighted by molar-refractivity contribution is -0.113. The Morgan fingerprint density at radius 1 is 1.00 bits per heavy atom. The molecular weight excluding hydrogens is 390 g/mol.